The van der Waals surface area contributed by atoms with Gasteiger partial charge in [-0.25, -0.2) is 0 Å². The van der Waals surface area contributed by atoms with Crippen molar-refractivity contribution in [2.45, 2.75) is 37.6 Å². The summed E-state index contributed by atoms with van der Waals surface area (Å²) in [6.45, 7) is 3.76. The molecule has 154 valence electrons. The number of nitrogens with one attached hydrogen (secondary N) is 1. The maximum Gasteiger partial charge on any atom is 0.323 e. The van der Waals surface area contributed by atoms with Gasteiger partial charge in [0.15, 0.2) is 0 Å². The Morgan fingerprint density at radius 1 is 1.07 bits per heavy atom. The summed E-state index contributed by atoms with van der Waals surface area (Å²) in [5.41, 5.74) is 0.739. The smallest absolute Gasteiger partial charge is 0.323 e. The summed E-state index contributed by atoms with van der Waals surface area (Å²) in [7, 11) is 0. The highest BCUT2D eigenvalue weighted by atomic mass is 16.5. The standard InChI is InChI=1S/C21H31N3O4/c25-19(15-23(16-20(26)27)18-7-3-1-4-8-18)22-17-21(9-5-2-6-10-21)24-11-13-28-14-12-24/h1,3-4,7-8H,2,5-6,9-17H2,(H,22,25)(H,26,27). The third-order valence-electron chi connectivity index (χ3n) is 5.86. The Hall–Kier alpha value is -2.12. The van der Waals surface area contributed by atoms with E-state index in [1.54, 1.807) is 4.90 Å². The topological polar surface area (TPSA) is 82.1 Å². The van der Waals surface area contributed by atoms with Gasteiger partial charge in [0, 0.05) is 30.9 Å². The van der Waals surface area contributed by atoms with Gasteiger partial charge < -0.3 is 20.1 Å². The predicted molar refractivity (Wildman–Crippen MR) is 108 cm³/mol. The number of hydrogen-bond acceptors (Lipinski definition) is 5. The largest absolute Gasteiger partial charge is 0.480 e. The van der Waals surface area contributed by atoms with Crippen molar-refractivity contribution in [2.24, 2.45) is 0 Å². The van der Waals surface area contributed by atoms with E-state index in [9.17, 15) is 14.7 Å². The molecule has 0 bridgehead atoms. The lowest BCUT2D eigenvalue weighted by molar-refractivity contribution is -0.135. The fourth-order valence-corrected chi connectivity index (χ4v) is 4.39. The molecule has 1 aromatic rings. The second-order valence-corrected chi connectivity index (χ2v) is 7.75. The Morgan fingerprint density at radius 2 is 1.75 bits per heavy atom. The van der Waals surface area contributed by atoms with Crippen LogP contribution in [0.4, 0.5) is 5.69 Å². The number of benzene rings is 1. The number of ether oxygens (including phenoxy) is 1. The molecule has 0 spiro atoms. The van der Waals surface area contributed by atoms with Gasteiger partial charge in [-0.3, -0.25) is 14.5 Å². The lowest BCUT2D eigenvalue weighted by Crippen LogP contribution is -2.60. The van der Waals surface area contributed by atoms with E-state index in [2.05, 4.69) is 10.2 Å². The van der Waals surface area contributed by atoms with Crippen LogP contribution in [0.1, 0.15) is 32.1 Å². The van der Waals surface area contributed by atoms with E-state index in [0.29, 0.717) is 6.54 Å². The van der Waals surface area contributed by atoms with Crippen LogP contribution in [0.5, 0.6) is 0 Å². The molecule has 2 N–H and O–H groups in total. The predicted octanol–water partition coefficient (Wildman–Crippen LogP) is 1.73. The minimum atomic E-state index is -0.950. The molecule has 0 atom stereocenters. The number of carbonyl (C=O) groups is 2. The number of para-hydroxylation sites is 1. The molecular formula is C21H31N3O4. The number of nitrogens with zero attached hydrogens (tertiary/aromatic N) is 2. The van der Waals surface area contributed by atoms with Crippen molar-refractivity contribution in [1.29, 1.82) is 0 Å². The van der Waals surface area contributed by atoms with Crippen molar-refractivity contribution in [3.63, 3.8) is 0 Å². The second-order valence-electron chi connectivity index (χ2n) is 7.75. The first kappa shape index (κ1) is 20.6. The molecule has 1 aliphatic heterocycles. The van der Waals surface area contributed by atoms with Crippen molar-refractivity contribution in [2.75, 3.05) is 50.8 Å². The van der Waals surface area contributed by atoms with Gasteiger partial charge in [-0.2, -0.15) is 0 Å². The first-order valence-corrected chi connectivity index (χ1v) is 10.2. The Bertz CT molecular complexity index is 640. The first-order chi connectivity index (χ1) is 13.6. The van der Waals surface area contributed by atoms with Gasteiger partial charge in [0.05, 0.1) is 19.8 Å². The van der Waals surface area contributed by atoms with Crippen molar-refractivity contribution < 1.29 is 19.4 Å². The molecule has 1 aliphatic carbocycles. The van der Waals surface area contributed by atoms with E-state index < -0.39 is 5.97 Å². The molecule has 0 unspecified atom stereocenters. The van der Waals surface area contributed by atoms with Crippen LogP contribution in [0, 0.1) is 0 Å². The Morgan fingerprint density at radius 3 is 2.39 bits per heavy atom. The summed E-state index contributed by atoms with van der Waals surface area (Å²) in [4.78, 5) is 28.0. The van der Waals surface area contributed by atoms with Crippen LogP contribution in [0.15, 0.2) is 30.3 Å². The molecule has 1 aromatic carbocycles. The molecular weight excluding hydrogens is 358 g/mol. The summed E-state index contributed by atoms with van der Waals surface area (Å²) >= 11 is 0. The molecule has 1 saturated carbocycles. The molecule has 2 fully saturated rings. The van der Waals surface area contributed by atoms with E-state index in [1.165, 1.54) is 19.3 Å². The van der Waals surface area contributed by atoms with Gasteiger partial charge in [0.1, 0.15) is 6.54 Å². The number of morpholine rings is 1. The highest BCUT2D eigenvalue weighted by Crippen LogP contribution is 2.33. The second kappa shape index (κ2) is 9.89. The summed E-state index contributed by atoms with van der Waals surface area (Å²) < 4.78 is 5.51. The van der Waals surface area contributed by atoms with Gasteiger partial charge in [0.25, 0.3) is 0 Å². The molecule has 1 saturated heterocycles. The fourth-order valence-electron chi connectivity index (χ4n) is 4.39. The third-order valence-corrected chi connectivity index (χ3v) is 5.86. The molecule has 28 heavy (non-hydrogen) atoms. The van der Waals surface area contributed by atoms with Crippen molar-refractivity contribution in [3.8, 4) is 0 Å². The van der Waals surface area contributed by atoms with Gasteiger partial charge in [-0.15, -0.1) is 0 Å². The Kier molecular flexibility index (Phi) is 7.28. The zero-order valence-electron chi connectivity index (χ0n) is 16.4. The number of carboxylic acids is 1. The lowest BCUT2D eigenvalue weighted by atomic mass is 9.79. The number of carbonyl (C=O) groups excluding carboxylic acids is 1. The van der Waals surface area contributed by atoms with E-state index in [0.717, 1.165) is 44.8 Å². The molecule has 1 heterocycles. The van der Waals surface area contributed by atoms with Gasteiger partial charge >= 0.3 is 5.97 Å². The number of hydrogen-bond donors (Lipinski definition) is 2. The average molecular weight is 389 g/mol. The van der Waals surface area contributed by atoms with Crippen molar-refractivity contribution in [1.82, 2.24) is 10.2 Å². The van der Waals surface area contributed by atoms with Crippen LogP contribution in [-0.2, 0) is 14.3 Å². The highest BCUT2D eigenvalue weighted by molar-refractivity contribution is 5.84. The number of anilines is 1. The number of amides is 1. The highest BCUT2D eigenvalue weighted by Gasteiger charge is 2.38. The molecule has 2 aliphatic rings. The Labute approximate surface area is 166 Å². The van der Waals surface area contributed by atoms with E-state index in [1.807, 2.05) is 30.3 Å². The van der Waals surface area contributed by atoms with Crippen LogP contribution in [-0.4, -0.2) is 73.4 Å². The molecule has 0 aromatic heterocycles. The van der Waals surface area contributed by atoms with Crippen LogP contribution in [0.25, 0.3) is 0 Å². The number of aliphatic carboxylic acids is 1. The van der Waals surface area contributed by atoms with Crippen LogP contribution in [0.3, 0.4) is 0 Å². The van der Waals surface area contributed by atoms with Crippen molar-refractivity contribution in [3.05, 3.63) is 30.3 Å². The summed E-state index contributed by atoms with van der Waals surface area (Å²) in [5, 5.41) is 12.3. The summed E-state index contributed by atoms with van der Waals surface area (Å²) in [6.07, 6.45) is 5.79. The first-order valence-electron chi connectivity index (χ1n) is 10.2. The van der Waals surface area contributed by atoms with Crippen LogP contribution < -0.4 is 10.2 Å². The van der Waals surface area contributed by atoms with Crippen LogP contribution in [0.2, 0.25) is 0 Å². The average Bonchev–Trinajstić information content (AvgIpc) is 2.73. The lowest BCUT2D eigenvalue weighted by Gasteiger charge is -2.48. The van der Waals surface area contributed by atoms with Crippen molar-refractivity contribution >= 4 is 17.6 Å². The quantitative estimate of drug-likeness (QED) is 0.705. The maximum absolute atomic E-state index is 12.7. The molecule has 0 radical (unpaired) electrons. The zero-order valence-corrected chi connectivity index (χ0v) is 16.4. The minimum absolute atomic E-state index is 0.00205. The zero-order chi connectivity index (χ0) is 19.8. The number of carboxylic acid groups (broad SMARTS) is 1. The maximum atomic E-state index is 12.7. The monoisotopic (exact) mass is 389 g/mol. The fraction of sp³-hybridized carbons (Fsp3) is 0.619. The van der Waals surface area contributed by atoms with E-state index in [-0.39, 0.29) is 24.5 Å². The summed E-state index contributed by atoms with van der Waals surface area (Å²) in [6, 6.07) is 9.21. The molecule has 7 heteroatoms. The van der Waals surface area contributed by atoms with E-state index in [4.69, 9.17) is 4.74 Å². The minimum Gasteiger partial charge on any atom is -0.480 e. The molecule has 1 amide bonds. The summed E-state index contributed by atoms with van der Waals surface area (Å²) in [5.74, 6) is -1.09. The Balaban J connectivity index is 1.62. The molecule has 3 rings (SSSR count). The van der Waals surface area contributed by atoms with Gasteiger partial charge in [-0.1, -0.05) is 37.5 Å². The SMILES string of the molecule is O=C(O)CN(CC(=O)NCC1(N2CCOCC2)CCCCC1)c1ccccc1. The van der Waals surface area contributed by atoms with Gasteiger partial charge in [-0.05, 0) is 25.0 Å². The third kappa shape index (κ3) is 5.45. The normalized spacial score (nSPS) is 19.7. The van der Waals surface area contributed by atoms with Crippen LogP contribution >= 0.6 is 0 Å². The van der Waals surface area contributed by atoms with E-state index >= 15 is 0 Å². The van der Waals surface area contributed by atoms with Gasteiger partial charge in [0.2, 0.25) is 5.91 Å². The number of rotatable bonds is 8. The molecule has 7 nitrogen and oxygen atoms in total.